The Kier molecular flexibility index (Phi) is 3.47. The molecule has 0 spiro atoms. The molecule has 7 heteroatoms. The number of nitrogens with zero attached hydrogens (tertiary/aromatic N) is 1. The van der Waals surface area contributed by atoms with E-state index < -0.39 is 30.6 Å². The van der Waals surface area contributed by atoms with Gasteiger partial charge < -0.3 is 5.73 Å². The predicted octanol–water partition coefficient (Wildman–Crippen LogP) is 2.24. The molecule has 16 heavy (non-hydrogen) atoms. The summed E-state index contributed by atoms with van der Waals surface area (Å²) in [6.07, 6.45) is -4.74. The molecule has 0 aliphatic carbocycles. The van der Waals surface area contributed by atoms with Crippen LogP contribution in [-0.2, 0) is 12.6 Å². The maximum absolute atomic E-state index is 12.8. The molecule has 0 bridgehead atoms. The first-order valence-electron chi connectivity index (χ1n) is 4.34. The van der Waals surface area contributed by atoms with E-state index in [4.69, 9.17) is 5.73 Å². The normalized spacial score (nSPS) is 12.9. The van der Waals surface area contributed by atoms with Crippen molar-refractivity contribution in [2.24, 2.45) is 5.73 Å². The van der Waals surface area contributed by atoms with Gasteiger partial charge in [-0.15, -0.1) is 0 Å². The molecule has 2 N–H and O–H groups in total. The van der Waals surface area contributed by atoms with Gasteiger partial charge in [-0.25, -0.2) is 8.78 Å². The molecule has 2 nitrogen and oxygen atoms in total. The summed E-state index contributed by atoms with van der Waals surface area (Å²) in [5, 5.41) is 0. The van der Waals surface area contributed by atoms with Crippen LogP contribution in [0.3, 0.4) is 0 Å². The number of hydrogen-bond donors (Lipinski definition) is 1. The summed E-state index contributed by atoms with van der Waals surface area (Å²) in [6.45, 7) is -0.865. The summed E-state index contributed by atoms with van der Waals surface area (Å²) in [4.78, 5) is 3.32. The van der Waals surface area contributed by atoms with Crippen molar-refractivity contribution in [1.29, 1.82) is 0 Å². The molecule has 0 fully saturated rings. The van der Waals surface area contributed by atoms with Gasteiger partial charge >= 0.3 is 6.18 Å². The molecule has 1 aromatic heterocycles. The average molecular weight is 240 g/mol. The van der Waals surface area contributed by atoms with Gasteiger partial charge in [0.1, 0.15) is 0 Å². The Labute approximate surface area is 88.3 Å². The second-order valence-corrected chi connectivity index (χ2v) is 3.27. The van der Waals surface area contributed by atoms with Crippen molar-refractivity contribution < 1.29 is 22.0 Å². The second-order valence-electron chi connectivity index (χ2n) is 3.27. The van der Waals surface area contributed by atoms with E-state index in [1.807, 2.05) is 0 Å². The molecular weight excluding hydrogens is 231 g/mol. The van der Waals surface area contributed by atoms with Crippen LogP contribution in [-0.4, -0.2) is 17.5 Å². The highest BCUT2D eigenvalue weighted by Crippen LogP contribution is 2.28. The van der Waals surface area contributed by atoms with Crippen LogP contribution >= 0.6 is 0 Å². The quantitative estimate of drug-likeness (QED) is 0.823. The monoisotopic (exact) mass is 240 g/mol. The Morgan fingerprint density at radius 3 is 2.12 bits per heavy atom. The first-order chi connectivity index (χ1) is 7.24. The summed E-state index contributed by atoms with van der Waals surface area (Å²) in [7, 11) is 0. The first kappa shape index (κ1) is 12.8. The molecule has 0 aliphatic heterocycles. The molecule has 90 valence electrons. The molecule has 0 saturated carbocycles. The van der Waals surface area contributed by atoms with Crippen molar-refractivity contribution in [3.63, 3.8) is 0 Å². The third-order valence-corrected chi connectivity index (χ3v) is 1.89. The summed E-state index contributed by atoms with van der Waals surface area (Å²) >= 11 is 0. The second kappa shape index (κ2) is 4.32. The molecule has 0 atom stereocenters. The van der Waals surface area contributed by atoms with E-state index in [1.165, 1.54) is 0 Å². The highest BCUT2D eigenvalue weighted by Gasteiger charge is 2.32. The number of hydrogen-bond acceptors (Lipinski definition) is 2. The number of rotatable bonds is 3. The van der Waals surface area contributed by atoms with Gasteiger partial charge in [0.05, 0.1) is 18.5 Å². The van der Waals surface area contributed by atoms with Gasteiger partial charge in [0.25, 0.3) is 5.92 Å². The van der Waals surface area contributed by atoms with Gasteiger partial charge in [-0.1, -0.05) is 0 Å². The molecule has 0 unspecified atom stereocenters. The Morgan fingerprint density at radius 1 is 1.12 bits per heavy atom. The lowest BCUT2D eigenvalue weighted by atomic mass is 10.1. The molecule has 0 amide bonds. The molecule has 1 aromatic rings. The van der Waals surface area contributed by atoms with Crippen LogP contribution in [0.2, 0.25) is 0 Å². The summed E-state index contributed by atoms with van der Waals surface area (Å²) in [6, 6.07) is 1.64. The van der Waals surface area contributed by atoms with Gasteiger partial charge in [0, 0.05) is 11.9 Å². The van der Waals surface area contributed by atoms with Crippen molar-refractivity contribution in [3.8, 4) is 0 Å². The van der Waals surface area contributed by atoms with Gasteiger partial charge in [0.2, 0.25) is 0 Å². The van der Waals surface area contributed by atoms with E-state index in [1.54, 1.807) is 0 Å². The van der Waals surface area contributed by atoms with Crippen molar-refractivity contribution in [2.75, 3.05) is 6.54 Å². The highest BCUT2D eigenvalue weighted by atomic mass is 19.4. The molecule has 1 heterocycles. The fourth-order valence-electron chi connectivity index (χ4n) is 1.03. The van der Waals surface area contributed by atoms with Crippen molar-refractivity contribution in [3.05, 3.63) is 29.6 Å². The fourth-order valence-corrected chi connectivity index (χ4v) is 1.03. The van der Waals surface area contributed by atoms with Crippen LogP contribution in [0.25, 0.3) is 0 Å². The third-order valence-electron chi connectivity index (χ3n) is 1.89. The molecular formula is C9H9F5N2. The highest BCUT2D eigenvalue weighted by molar-refractivity contribution is 5.17. The largest absolute Gasteiger partial charge is 0.417 e. The lowest BCUT2D eigenvalue weighted by Crippen LogP contribution is -2.30. The Morgan fingerprint density at radius 2 is 1.75 bits per heavy atom. The number of halogens is 5. The van der Waals surface area contributed by atoms with E-state index >= 15 is 0 Å². The summed E-state index contributed by atoms with van der Waals surface area (Å²) < 4.78 is 61.9. The zero-order valence-corrected chi connectivity index (χ0v) is 8.06. The molecule has 0 radical (unpaired) electrons. The van der Waals surface area contributed by atoms with Crippen molar-refractivity contribution in [2.45, 2.75) is 18.5 Å². The van der Waals surface area contributed by atoms with E-state index in [2.05, 4.69) is 4.98 Å². The van der Waals surface area contributed by atoms with Crippen LogP contribution < -0.4 is 5.73 Å². The Bertz CT molecular complexity index is 344. The topological polar surface area (TPSA) is 38.9 Å². The van der Waals surface area contributed by atoms with E-state index in [0.717, 1.165) is 12.1 Å². The van der Waals surface area contributed by atoms with Crippen LogP contribution in [0.15, 0.2) is 18.3 Å². The number of pyridine rings is 1. The lowest BCUT2D eigenvalue weighted by molar-refractivity contribution is -0.137. The standard InChI is InChI=1S/C9H9F5N2/c10-8(11,5-15)3-7-2-1-6(4-16-7)9(12,13)14/h1-2,4H,3,5,15H2. The van der Waals surface area contributed by atoms with Crippen molar-refractivity contribution >= 4 is 0 Å². The van der Waals surface area contributed by atoms with Gasteiger partial charge in [-0.3, -0.25) is 4.98 Å². The zero-order valence-electron chi connectivity index (χ0n) is 8.06. The molecule has 1 rings (SSSR count). The molecule has 0 aliphatic rings. The number of alkyl halides is 5. The molecule has 0 aromatic carbocycles. The van der Waals surface area contributed by atoms with Crippen LogP contribution in [0.4, 0.5) is 22.0 Å². The minimum absolute atomic E-state index is 0.122. The smallest absolute Gasteiger partial charge is 0.325 e. The first-order valence-corrected chi connectivity index (χ1v) is 4.34. The summed E-state index contributed by atoms with van der Waals surface area (Å²) in [5.41, 5.74) is 3.71. The Hall–Kier alpha value is -1.24. The summed E-state index contributed by atoms with van der Waals surface area (Å²) in [5.74, 6) is -3.15. The van der Waals surface area contributed by atoms with Gasteiger partial charge in [0.15, 0.2) is 0 Å². The van der Waals surface area contributed by atoms with Crippen molar-refractivity contribution in [1.82, 2.24) is 4.98 Å². The number of aromatic nitrogens is 1. The minimum atomic E-state index is -4.51. The lowest BCUT2D eigenvalue weighted by Gasteiger charge is -2.13. The van der Waals surface area contributed by atoms with Crippen LogP contribution in [0.1, 0.15) is 11.3 Å². The third kappa shape index (κ3) is 3.41. The van der Waals surface area contributed by atoms with Gasteiger partial charge in [-0.2, -0.15) is 13.2 Å². The van der Waals surface area contributed by atoms with Gasteiger partial charge in [-0.05, 0) is 12.1 Å². The number of nitrogens with two attached hydrogens (primary N) is 1. The Balaban J connectivity index is 2.80. The van der Waals surface area contributed by atoms with Crippen LogP contribution in [0.5, 0.6) is 0 Å². The zero-order chi connectivity index (χ0) is 12.4. The minimum Gasteiger partial charge on any atom is -0.325 e. The van der Waals surface area contributed by atoms with E-state index in [9.17, 15) is 22.0 Å². The van der Waals surface area contributed by atoms with E-state index in [0.29, 0.717) is 6.20 Å². The average Bonchev–Trinajstić information content (AvgIpc) is 2.16. The van der Waals surface area contributed by atoms with E-state index in [-0.39, 0.29) is 5.69 Å². The fraction of sp³-hybridized carbons (Fsp3) is 0.444. The maximum Gasteiger partial charge on any atom is 0.417 e. The maximum atomic E-state index is 12.8. The molecule has 0 saturated heterocycles. The SMILES string of the molecule is NCC(F)(F)Cc1ccc(C(F)(F)F)cn1. The predicted molar refractivity (Wildman–Crippen MR) is 46.9 cm³/mol. The van der Waals surface area contributed by atoms with Crippen LogP contribution in [0, 0.1) is 0 Å².